The number of aryl methyl sites for hydroxylation is 1. The van der Waals surface area contributed by atoms with E-state index in [1.54, 1.807) is 0 Å². The van der Waals surface area contributed by atoms with Gasteiger partial charge in [0, 0.05) is 17.7 Å². The van der Waals surface area contributed by atoms with Gasteiger partial charge in [-0.2, -0.15) is 0 Å². The van der Waals surface area contributed by atoms with Gasteiger partial charge in [0.1, 0.15) is 5.75 Å². The van der Waals surface area contributed by atoms with Crippen LogP contribution in [0.5, 0.6) is 5.75 Å². The number of rotatable bonds is 7. The van der Waals surface area contributed by atoms with Crippen molar-refractivity contribution < 1.29 is 9.84 Å². The maximum atomic E-state index is 8.72. The molecule has 2 heteroatoms. The van der Waals surface area contributed by atoms with Gasteiger partial charge in [-0.05, 0) is 74.4 Å². The van der Waals surface area contributed by atoms with Crippen molar-refractivity contribution in [2.45, 2.75) is 32.6 Å². The van der Waals surface area contributed by atoms with Crippen LogP contribution >= 0.6 is 0 Å². The van der Waals surface area contributed by atoms with Crippen LogP contribution in [0.1, 0.15) is 42.4 Å². The Balaban J connectivity index is 1.78. The van der Waals surface area contributed by atoms with E-state index < -0.39 is 0 Å². The van der Waals surface area contributed by atoms with E-state index in [4.69, 9.17) is 9.84 Å². The third kappa shape index (κ3) is 7.62. The van der Waals surface area contributed by atoms with Gasteiger partial charge in [-0.15, -0.1) is 0 Å². The van der Waals surface area contributed by atoms with Crippen LogP contribution in [-0.4, -0.2) is 18.3 Å². The molecule has 0 heterocycles. The summed E-state index contributed by atoms with van der Waals surface area (Å²) in [6.07, 6.45) is 4.03. The lowest BCUT2D eigenvalue weighted by atomic mass is 10.1. The van der Waals surface area contributed by atoms with Crippen molar-refractivity contribution in [2.24, 2.45) is 0 Å². The Kier molecular flexibility index (Phi) is 8.19. The third-order valence-corrected chi connectivity index (χ3v) is 3.70. The Bertz CT molecular complexity index is 750. The molecule has 2 nitrogen and oxygen atoms in total. The van der Waals surface area contributed by atoms with Crippen LogP contribution in [-0.2, 0) is 0 Å². The van der Waals surface area contributed by atoms with E-state index in [-0.39, 0.29) is 6.61 Å². The number of unbranched alkanes of at least 4 members (excludes halogenated alkanes) is 3. The smallest absolute Gasteiger partial charge is 0.119 e. The van der Waals surface area contributed by atoms with Gasteiger partial charge >= 0.3 is 0 Å². The quantitative estimate of drug-likeness (QED) is 0.604. The van der Waals surface area contributed by atoms with Gasteiger partial charge in [0.15, 0.2) is 0 Å². The van der Waals surface area contributed by atoms with E-state index in [0.29, 0.717) is 6.61 Å². The molecular weight excluding hydrogens is 308 g/mol. The molecule has 0 spiro atoms. The number of ether oxygens (including phenoxy) is 1. The Hall–Kier alpha value is -2.68. The number of hydrogen-bond donors (Lipinski definition) is 1. The predicted octanol–water partition coefficient (Wildman–Crippen LogP) is 4.33. The van der Waals surface area contributed by atoms with Crippen molar-refractivity contribution in [3.05, 3.63) is 65.2 Å². The van der Waals surface area contributed by atoms with Crippen LogP contribution in [0.2, 0.25) is 0 Å². The van der Waals surface area contributed by atoms with Crippen LogP contribution in [0, 0.1) is 30.6 Å². The molecule has 0 fully saturated rings. The molecule has 0 saturated carbocycles. The van der Waals surface area contributed by atoms with Crippen molar-refractivity contribution in [1.82, 2.24) is 0 Å². The molecule has 1 N–H and O–H groups in total. The molecule has 2 aromatic rings. The van der Waals surface area contributed by atoms with E-state index >= 15 is 0 Å². The molecule has 2 aromatic carbocycles. The Morgan fingerprint density at radius 3 is 1.92 bits per heavy atom. The number of aliphatic hydroxyl groups excluding tert-OH is 1. The summed E-state index contributed by atoms with van der Waals surface area (Å²) in [6, 6.07) is 15.9. The van der Waals surface area contributed by atoms with Crippen molar-refractivity contribution in [2.75, 3.05) is 13.2 Å². The molecule has 128 valence electrons. The van der Waals surface area contributed by atoms with Gasteiger partial charge in [-0.1, -0.05) is 36.0 Å². The fourth-order valence-electron chi connectivity index (χ4n) is 2.24. The third-order valence-electron chi connectivity index (χ3n) is 3.70. The highest BCUT2D eigenvalue weighted by atomic mass is 16.5. The summed E-state index contributed by atoms with van der Waals surface area (Å²) < 4.78 is 5.70. The minimum Gasteiger partial charge on any atom is -0.494 e. The summed E-state index contributed by atoms with van der Waals surface area (Å²) >= 11 is 0. The Labute approximate surface area is 150 Å². The normalized spacial score (nSPS) is 9.52. The zero-order valence-corrected chi connectivity index (χ0v) is 14.7. The first kappa shape index (κ1) is 18.7. The lowest BCUT2D eigenvalue weighted by Gasteiger charge is -2.05. The first-order valence-corrected chi connectivity index (χ1v) is 8.70. The molecule has 0 bridgehead atoms. The summed E-state index contributed by atoms with van der Waals surface area (Å²) in [7, 11) is 0. The fourth-order valence-corrected chi connectivity index (χ4v) is 2.24. The van der Waals surface area contributed by atoms with Crippen molar-refractivity contribution in [1.29, 1.82) is 0 Å². The molecular formula is C23H24O2. The van der Waals surface area contributed by atoms with E-state index in [2.05, 4.69) is 30.6 Å². The molecule has 0 amide bonds. The molecule has 0 radical (unpaired) electrons. The highest BCUT2D eigenvalue weighted by Crippen LogP contribution is 2.12. The molecule has 2 rings (SSSR count). The summed E-state index contributed by atoms with van der Waals surface area (Å²) in [5.74, 6) is 12.7. The summed E-state index contributed by atoms with van der Waals surface area (Å²) in [6.45, 7) is 3.04. The highest BCUT2D eigenvalue weighted by molar-refractivity contribution is 5.45. The van der Waals surface area contributed by atoms with E-state index in [1.165, 1.54) is 5.56 Å². The van der Waals surface area contributed by atoms with Crippen LogP contribution in [0.4, 0.5) is 0 Å². The second kappa shape index (κ2) is 11.0. The molecule has 0 saturated heterocycles. The van der Waals surface area contributed by atoms with E-state index in [9.17, 15) is 0 Å². The predicted molar refractivity (Wildman–Crippen MR) is 102 cm³/mol. The number of aliphatic hydroxyl groups is 1. The zero-order chi connectivity index (χ0) is 17.7. The Morgan fingerprint density at radius 2 is 1.32 bits per heavy atom. The van der Waals surface area contributed by atoms with Gasteiger partial charge in [0.05, 0.1) is 6.61 Å². The molecule has 0 unspecified atom stereocenters. The monoisotopic (exact) mass is 332 g/mol. The summed E-state index contributed by atoms with van der Waals surface area (Å²) in [5, 5.41) is 8.72. The lowest BCUT2D eigenvalue weighted by Crippen LogP contribution is -1.97. The number of benzene rings is 2. The average Bonchev–Trinajstić information content (AvgIpc) is 2.64. The highest BCUT2D eigenvalue weighted by Gasteiger charge is 1.94. The first-order valence-electron chi connectivity index (χ1n) is 8.70. The topological polar surface area (TPSA) is 29.5 Å². The molecule has 0 aliphatic rings. The van der Waals surface area contributed by atoms with Crippen LogP contribution in [0.25, 0.3) is 0 Å². The van der Waals surface area contributed by atoms with Crippen molar-refractivity contribution in [3.8, 4) is 29.4 Å². The van der Waals surface area contributed by atoms with Crippen LogP contribution < -0.4 is 4.74 Å². The second-order valence-electron chi connectivity index (χ2n) is 5.88. The maximum Gasteiger partial charge on any atom is 0.119 e. The molecule has 25 heavy (non-hydrogen) atoms. The zero-order valence-electron chi connectivity index (χ0n) is 14.7. The van der Waals surface area contributed by atoms with Gasteiger partial charge < -0.3 is 9.84 Å². The van der Waals surface area contributed by atoms with Gasteiger partial charge in [0.25, 0.3) is 0 Å². The van der Waals surface area contributed by atoms with Crippen molar-refractivity contribution in [3.63, 3.8) is 0 Å². The van der Waals surface area contributed by atoms with E-state index in [1.807, 2.05) is 48.5 Å². The summed E-state index contributed by atoms with van der Waals surface area (Å²) in [4.78, 5) is 0. The lowest BCUT2D eigenvalue weighted by molar-refractivity contribution is 0.273. The van der Waals surface area contributed by atoms with Gasteiger partial charge in [0.2, 0.25) is 0 Å². The molecule has 0 aromatic heterocycles. The van der Waals surface area contributed by atoms with E-state index in [0.717, 1.165) is 42.6 Å². The largest absolute Gasteiger partial charge is 0.494 e. The van der Waals surface area contributed by atoms with Crippen LogP contribution in [0.3, 0.4) is 0 Å². The van der Waals surface area contributed by atoms with Gasteiger partial charge in [-0.3, -0.25) is 0 Å². The molecule has 0 aliphatic heterocycles. The molecule has 0 aliphatic carbocycles. The van der Waals surface area contributed by atoms with Gasteiger partial charge in [-0.25, -0.2) is 0 Å². The SMILES string of the molecule is Cc1ccc(C#CC#Cc2ccc(OCCCCCCO)cc2)cc1. The molecule has 0 atom stereocenters. The minimum atomic E-state index is 0.277. The Morgan fingerprint density at radius 1 is 0.760 bits per heavy atom. The minimum absolute atomic E-state index is 0.277. The summed E-state index contributed by atoms with van der Waals surface area (Å²) in [5.41, 5.74) is 3.13. The second-order valence-corrected chi connectivity index (χ2v) is 5.88. The standard InChI is InChI=1S/C23H24O2/c1-20-10-12-21(13-11-20)8-4-5-9-22-14-16-23(17-15-22)25-19-7-3-2-6-18-24/h10-17,24H,2-3,6-7,18-19H2,1H3. The maximum absolute atomic E-state index is 8.72. The van der Waals surface area contributed by atoms with Crippen molar-refractivity contribution >= 4 is 0 Å². The van der Waals surface area contributed by atoms with Crippen LogP contribution in [0.15, 0.2) is 48.5 Å². The fraction of sp³-hybridized carbons (Fsp3) is 0.304. The first-order chi connectivity index (χ1) is 12.3. The number of hydrogen-bond acceptors (Lipinski definition) is 2. The average molecular weight is 332 g/mol.